The van der Waals surface area contributed by atoms with Crippen molar-refractivity contribution < 1.29 is 19.1 Å². The topological polar surface area (TPSA) is 113 Å². The van der Waals surface area contributed by atoms with Gasteiger partial charge in [0.1, 0.15) is 17.5 Å². The second-order valence-corrected chi connectivity index (χ2v) is 10.3. The average Bonchev–Trinajstić information content (AvgIpc) is 3.04. The maximum atomic E-state index is 13.3. The summed E-state index contributed by atoms with van der Waals surface area (Å²) in [4.78, 5) is 43.8. The molecule has 1 unspecified atom stereocenters. The number of anilines is 1. The molecule has 0 spiro atoms. The largest absolute Gasteiger partial charge is 0.444 e. The van der Waals surface area contributed by atoms with Crippen LogP contribution in [0.25, 0.3) is 0 Å². The summed E-state index contributed by atoms with van der Waals surface area (Å²) >= 11 is 0. The first kappa shape index (κ1) is 24.8. The Balaban J connectivity index is 1.70. The molecule has 1 aliphatic carbocycles. The highest BCUT2D eigenvalue weighted by atomic mass is 16.6. The molecule has 2 aliphatic rings. The summed E-state index contributed by atoms with van der Waals surface area (Å²) < 4.78 is 5.41. The molecule has 33 heavy (non-hydrogen) atoms. The van der Waals surface area contributed by atoms with Crippen molar-refractivity contribution in [2.75, 3.05) is 11.9 Å². The van der Waals surface area contributed by atoms with E-state index in [1.165, 1.54) is 0 Å². The van der Waals surface area contributed by atoms with Gasteiger partial charge in [0.05, 0.1) is 0 Å². The summed E-state index contributed by atoms with van der Waals surface area (Å²) in [5, 5.41) is 8.49. The van der Waals surface area contributed by atoms with Gasteiger partial charge >= 0.3 is 12.1 Å². The molecule has 1 aliphatic heterocycles. The van der Waals surface area contributed by atoms with Gasteiger partial charge in [-0.25, -0.2) is 14.6 Å². The highest BCUT2D eigenvalue weighted by molar-refractivity contribution is 5.96. The molecule has 3 rings (SSSR count). The minimum Gasteiger partial charge on any atom is -0.444 e. The molecule has 9 heteroatoms. The molecular formula is C24H37N5O4. The zero-order valence-electron chi connectivity index (χ0n) is 20.3. The van der Waals surface area contributed by atoms with Crippen molar-refractivity contribution in [2.24, 2.45) is 11.8 Å². The van der Waals surface area contributed by atoms with Gasteiger partial charge in [0.2, 0.25) is 5.91 Å². The van der Waals surface area contributed by atoms with Gasteiger partial charge in [-0.15, -0.1) is 0 Å². The highest BCUT2D eigenvalue weighted by Crippen LogP contribution is 2.31. The van der Waals surface area contributed by atoms with Gasteiger partial charge in [0, 0.05) is 25.3 Å². The number of pyridine rings is 1. The van der Waals surface area contributed by atoms with Crippen LogP contribution in [0.3, 0.4) is 0 Å². The van der Waals surface area contributed by atoms with E-state index in [1.54, 1.807) is 37.9 Å². The SMILES string of the molecule is CC1CCC(C(NC(=O)OC(C)(C)C)C(=O)Nc2cc(CN3C(=O)NC[C@H]3C)ccn2)CC1. The Morgan fingerprint density at radius 2 is 1.94 bits per heavy atom. The first-order valence-corrected chi connectivity index (χ1v) is 11.8. The molecule has 1 saturated carbocycles. The van der Waals surface area contributed by atoms with E-state index in [2.05, 4.69) is 27.9 Å². The number of nitrogens with one attached hydrogen (secondary N) is 3. The molecule has 0 bridgehead atoms. The van der Waals surface area contributed by atoms with Crippen molar-refractivity contribution in [3.05, 3.63) is 23.9 Å². The lowest BCUT2D eigenvalue weighted by Crippen LogP contribution is -2.50. The van der Waals surface area contributed by atoms with E-state index >= 15 is 0 Å². The Morgan fingerprint density at radius 3 is 2.55 bits per heavy atom. The van der Waals surface area contributed by atoms with Crippen LogP contribution in [0.4, 0.5) is 15.4 Å². The van der Waals surface area contributed by atoms with Crippen molar-refractivity contribution in [1.29, 1.82) is 0 Å². The summed E-state index contributed by atoms with van der Waals surface area (Å²) in [6.45, 7) is 10.6. The Labute approximate surface area is 196 Å². The van der Waals surface area contributed by atoms with Gasteiger partial charge < -0.3 is 25.6 Å². The minimum atomic E-state index is -0.706. The van der Waals surface area contributed by atoms with Gasteiger partial charge in [-0.2, -0.15) is 0 Å². The predicted molar refractivity (Wildman–Crippen MR) is 126 cm³/mol. The number of amides is 4. The Bertz CT molecular complexity index is 861. The van der Waals surface area contributed by atoms with E-state index in [0.29, 0.717) is 24.8 Å². The van der Waals surface area contributed by atoms with Crippen molar-refractivity contribution >= 4 is 23.8 Å². The second-order valence-electron chi connectivity index (χ2n) is 10.3. The first-order chi connectivity index (χ1) is 15.5. The van der Waals surface area contributed by atoms with Crippen molar-refractivity contribution in [2.45, 2.75) is 84.5 Å². The maximum absolute atomic E-state index is 13.3. The number of ether oxygens (including phenoxy) is 1. The number of rotatable bonds is 6. The average molecular weight is 460 g/mol. The van der Waals surface area contributed by atoms with Crippen LogP contribution in [0.5, 0.6) is 0 Å². The fourth-order valence-electron chi connectivity index (χ4n) is 4.37. The van der Waals surface area contributed by atoms with E-state index in [0.717, 1.165) is 31.2 Å². The predicted octanol–water partition coefficient (Wildman–Crippen LogP) is 3.65. The molecule has 2 heterocycles. The zero-order valence-corrected chi connectivity index (χ0v) is 20.3. The maximum Gasteiger partial charge on any atom is 0.408 e. The third kappa shape index (κ3) is 7.07. The molecule has 0 aromatic carbocycles. The van der Waals surface area contributed by atoms with Crippen LogP contribution in [0.1, 0.15) is 65.9 Å². The third-order valence-electron chi connectivity index (χ3n) is 6.26. The number of hydrogen-bond acceptors (Lipinski definition) is 5. The van der Waals surface area contributed by atoms with Gasteiger partial charge in [-0.3, -0.25) is 4.79 Å². The molecule has 1 aromatic rings. The monoisotopic (exact) mass is 459 g/mol. The van der Waals surface area contributed by atoms with Crippen molar-refractivity contribution in [3.8, 4) is 0 Å². The van der Waals surface area contributed by atoms with Crippen LogP contribution in [0.15, 0.2) is 18.3 Å². The molecule has 2 atom stereocenters. The molecule has 1 aromatic heterocycles. The lowest BCUT2D eigenvalue weighted by Gasteiger charge is -2.32. The van der Waals surface area contributed by atoms with Gasteiger partial charge in [0.25, 0.3) is 0 Å². The molecule has 0 radical (unpaired) electrons. The van der Waals surface area contributed by atoms with E-state index in [1.807, 2.05) is 13.0 Å². The van der Waals surface area contributed by atoms with Gasteiger partial charge in [-0.1, -0.05) is 19.8 Å². The van der Waals surface area contributed by atoms with E-state index < -0.39 is 17.7 Å². The molecule has 3 N–H and O–H groups in total. The fourth-order valence-corrected chi connectivity index (χ4v) is 4.37. The quantitative estimate of drug-likeness (QED) is 0.601. The summed E-state index contributed by atoms with van der Waals surface area (Å²) in [5.41, 5.74) is 0.216. The van der Waals surface area contributed by atoms with Crippen LogP contribution in [-0.2, 0) is 16.1 Å². The second kappa shape index (κ2) is 10.4. The summed E-state index contributed by atoms with van der Waals surface area (Å²) in [7, 11) is 0. The third-order valence-corrected chi connectivity index (χ3v) is 6.26. The van der Waals surface area contributed by atoms with Crippen LogP contribution in [0, 0.1) is 11.8 Å². The minimum absolute atomic E-state index is 0.0334. The summed E-state index contributed by atoms with van der Waals surface area (Å²) in [5.74, 6) is 0.739. The van der Waals surface area contributed by atoms with Crippen molar-refractivity contribution in [3.63, 3.8) is 0 Å². The smallest absolute Gasteiger partial charge is 0.408 e. The fraction of sp³-hybridized carbons (Fsp3) is 0.667. The standard InChI is InChI=1S/C24H37N5O4/c1-15-6-8-18(9-7-15)20(28-23(32)33-24(3,4)5)21(30)27-19-12-17(10-11-25-19)14-29-16(2)13-26-22(29)31/h10-12,15-16,18,20H,6-9,13-14H2,1-5H3,(H,26,31)(H,28,32)(H,25,27,30)/t15?,16-,18?,20?/m1/s1. The summed E-state index contributed by atoms with van der Waals surface area (Å²) in [6.07, 6.45) is 4.79. The molecule has 2 fully saturated rings. The van der Waals surface area contributed by atoms with E-state index in [4.69, 9.17) is 4.74 Å². The Kier molecular flexibility index (Phi) is 7.81. The highest BCUT2D eigenvalue weighted by Gasteiger charge is 2.34. The molecular weight excluding hydrogens is 422 g/mol. The zero-order chi connectivity index (χ0) is 24.2. The van der Waals surface area contributed by atoms with Gasteiger partial charge in [0.15, 0.2) is 0 Å². The Morgan fingerprint density at radius 1 is 1.24 bits per heavy atom. The van der Waals surface area contributed by atoms with Crippen LogP contribution in [-0.4, -0.2) is 52.1 Å². The lowest BCUT2D eigenvalue weighted by molar-refractivity contribution is -0.119. The number of carbonyl (C=O) groups is 3. The van der Waals surface area contributed by atoms with Crippen LogP contribution >= 0.6 is 0 Å². The Hall–Kier alpha value is -2.84. The van der Waals surface area contributed by atoms with Crippen LogP contribution < -0.4 is 16.0 Å². The van der Waals surface area contributed by atoms with Gasteiger partial charge in [-0.05, 0) is 70.1 Å². The molecule has 9 nitrogen and oxygen atoms in total. The molecule has 4 amide bonds. The number of urea groups is 1. The first-order valence-electron chi connectivity index (χ1n) is 11.8. The summed E-state index contributed by atoms with van der Waals surface area (Å²) in [6, 6.07) is 2.89. The van der Waals surface area contributed by atoms with E-state index in [-0.39, 0.29) is 23.9 Å². The number of nitrogens with zero attached hydrogens (tertiary/aromatic N) is 2. The molecule has 182 valence electrons. The number of alkyl carbamates (subject to hydrolysis) is 1. The van der Waals surface area contributed by atoms with Crippen molar-refractivity contribution in [1.82, 2.24) is 20.5 Å². The van der Waals surface area contributed by atoms with E-state index in [9.17, 15) is 14.4 Å². The van der Waals surface area contributed by atoms with Crippen LogP contribution in [0.2, 0.25) is 0 Å². The molecule has 1 saturated heterocycles. The number of carbonyl (C=O) groups excluding carboxylic acids is 3. The number of hydrogen-bond donors (Lipinski definition) is 3. The number of aromatic nitrogens is 1. The lowest BCUT2D eigenvalue weighted by atomic mass is 9.79. The normalized spacial score (nSPS) is 24.1.